The maximum atomic E-state index is 12.3. The smallest absolute Gasteiger partial charge is 0.349 e. The van der Waals surface area contributed by atoms with E-state index < -0.39 is 44.1 Å². The number of carbonyl (C=O) groups is 2. The van der Waals surface area contributed by atoms with Gasteiger partial charge in [-0.25, -0.2) is 19.6 Å². The number of phosphoric acid groups is 1. The van der Waals surface area contributed by atoms with Gasteiger partial charge in [0.1, 0.15) is 18.4 Å². The van der Waals surface area contributed by atoms with E-state index >= 15 is 0 Å². The molecule has 0 radical (unpaired) electrons. The van der Waals surface area contributed by atoms with Gasteiger partial charge in [-0.2, -0.15) is 11.8 Å². The second-order valence-electron chi connectivity index (χ2n) is 9.18. The number of H-pyrrole nitrogens is 1. The molecule has 3 saturated heterocycles. The lowest BCUT2D eigenvalue weighted by Gasteiger charge is -2.19. The lowest BCUT2D eigenvalue weighted by Crippen LogP contribution is -2.37. The lowest BCUT2D eigenvalue weighted by molar-refractivity contribution is -0.143. The number of hydroxylamine groups is 1. The number of urea groups is 1. The Morgan fingerprint density at radius 3 is 2.84 bits per heavy atom. The number of nitrogens with zero attached hydrogens (tertiary/aromatic N) is 1. The Balaban J connectivity index is 1.26. The fourth-order valence-electron chi connectivity index (χ4n) is 4.58. The van der Waals surface area contributed by atoms with Crippen LogP contribution in [0.2, 0.25) is 0 Å². The van der Waals surface area contributed by atoms with E-state index in [0.29, 0.717) is 11.7 Å². The number of thioether (sulfide) groups is 1. The molecule has 1 aromatic rings. The molecule has 3 fully saturated rings. The van der Waals surface area contributed by atoms with Crippen LogP contribution in [-0.4, -0.2) is 73.2 Å². The van der Waals surface area contributed by atoms with E-state index in [1.807, 2.05) is 0 Å². The fraction of sp³-hybridized carbons (Fsp3) is 0.700. The van der Waals surface area contributed by atoms with Crippen molar-refractivity contribution in [3.05, 3.63) is 32.6 Å². The van der Waals surface area contributed by atoms with Gasteiger partial charge in [0, 0.05) is 35.6 Å². The van der Waals surface area contributed by atoms with Crippen LogP contribution in [0.3, 0.4) is 0 Å². The van der Waals surface area contributed by atoms with Crippen molar-refractivity contribution in [1.29, 1.82) is 0 Å². The Bertz CT molecular complexity index is 1170. The minimum atomic E-state index is -4.80. The van der Waals surface area contributed by atoms with Crippen LogP contribution in [0, 0.1) is 6.92 Å². The first-order valence-corrected chi connectivity index (χ1v) is 14.4. The van der Waals surface area contributed by atoms with E-state index in [-0.39, 0.29) is 42.4 Å². The second kappa shape index (κ2) is 11.7. The van der Waals surface area contributed by atoms with E-state index in [1.54, 1.807) is 11.8 Å². The van der Waals surface area contributed by atoms with Crippen molar-refractivity contribution in [2.45, 2.75) is 74.8 Å². The van der Waals surface area contributed by atoms with Gasteiger partial charge in [-0.3, -0.25) is 28.5 Å². The zero-order chi connectivity index (χ0) is 26.7. The number of amides is 3. The predicted molar refractivity (Wildman–Crippen MR) is 130 cm³/mol. The van der Waals surface area contributed by atoms with E-state index in [4.69, 9.17) is 19.4 Å². The maximum absolute atomic E-state index is 12.3. The van der Waals surface area contributed by atoms with Gasteiger partial charge in [-0.15, -0.1) is 0 Å². The topological polar surface area (TPSA) is 210 Å². The maximum Gasteiger partial charge on any atom is 0.469 e. The molecule has 0 unspecified atom stereocenters. The van der Waals surface area contributed by atoms with Crippen LogP contribution in [0.25, 0.3) is 0 Å². The molecule has 1 aromatic heterocycles. The summed E-state index contributed by atoms with van der Waals surface area (Å²) in [6.45, 7) is 0.960. The summed E-state index contributed by atoms with van der Waals surface area (Å²) in [5, 5.41) is 6.12. The standard InChI is InChI=1S/C20H30N5O10PS/c1-10-7-25(20(29)23-18(10)27)16-6-12(13(34-16)8-33-36(30,31)32)35-24-15(26)5-3-2-4-14-17-11(9-37-14)21-19(28)22-17/h7,11-14,16-17H,2-6,8-9H2,1H3,(H,24,26)(H2,21,22,28)(H,23,27,29)(H2,30,31,32)/t11-,12-,13+,14-,16+,17-/m0/s1. The van der Waals surface area contributed by atoms with Gasteiger partial charge in [0.05, 0.1) is 18.7 Å². The number of nitrogens with one attached hydrogen (secondary N) is 4. The number of aromatic nitrogens is 2. The summed E-state index contributed by atoms with van der Waals surface area (Å²) < 4.78 is 22.6. The first-order chi connectivity index (χ1) is 17.5. The monoisotopic (exact) mass is 563 g/mol. The summed E-state index contributed by atoms with van der Waals surface area (Å²) >= 11 is 1.80. The molecule has 0 bridgehead atoms. The van der Waals surface area contributed by atoms with Gasteiger partial charge >= 0.3 is 19.5 Å². The number of rotatable bonds is 11. The fourth-order valence-corrected chi connectivity index (χ4v) is 6.47. The highest BCUT2D eigenvalue weighted by Gasteiger charge is 2.43. The van der Waals surface area contributed by atoms with Crippen LogP contribution < -0.4 is 27.4 Å². The number of phosphoric ester groups is 1. The summed E-state index contributed by atoms with van der Waals surface area (Å²) in [6.07, 6.45) is 0.966. The van der Waals surface area contributed by atoms with Crippen LogP contribution in [0.4, 0.5) is 4.79 Å². The average molecular weight is 564 g/mol. The number of carbonyl (C=O) groups excluding carboxylic acids is 2. The van der Waals surface area contributed by atoms with Crippen LogP contribution >= 0.6 is 19.6 Å². The summed E-state index contributed by atoms with van der Waals surface area (Å²) in [5.74, 6) is 0.479. The highest BCUT2D eigenvalue weighted by Crippen LogP contribution is 2.38. The Kier molecular flexibility index (Phi) is 8.78. The second-order valence-corrected chi connectivity index (χ2v) is 11.7. The average Bonchev–Trinajstić information content (AvgIpc) is 3.50. The van der Waals surface area contributed by atoms with Crippen LogP contribution in [0.15, 0.2) is 15.8 Å². The highest BCUT2D eigenvalue weighted by atomic mass is 32.2. The number of fused-ring (bicyclic) bond motifs is 1. The van der Waals surface area contributed by atoms with Gasteiger partial charge in [0.2, 0.25) is 5.91 Å². The zero-order valence-corrected chi connectivity index (χ0v) is 21.7. The SMILES string of the molecule is Cc1cn([C@H]2C[C@H](ONC(=O)CCCC[C@@H]3SC[C@@H]4NC(=O)N[C@@H]43)[C@@H](COP(=O)(O)O)O2)c(=O)[nH]c1=O. The minimum absolute atomic E-state index is 0.0437. The molecule has 3 amide bonds. The molecular formula is C20H30N5O10PS. The molecule has 3 aliphatic rings. The van der Waals surface area contributed by atoms with E-state index in [1.165, 1.54) is 13.1 Å². The minimum Gasteiger partial charge on any atom is -0.349 e. The molecule has 0 saturated carbocycles. The molecule has 37 heavy (non-hydrogen) atoms. The number of hydrogen-bond acceptors (Lipinski definition) is 9. The number of unbranched alkanes of at least 4 members (excludes halogenated alkanes) is 1. The Hall–Kier alpha value is -2.20. The largest absolute Gasteiger partial charge is 0.469 e. The zero-order valence-electron chi connectivity index (χ0n) is 20.0. The van der Waals surface area contributed by atoms with Crippen molar-refractivity contribution in [3.8, 4) is 0 Å². The first kappa shape index (κ1) is 27.8. The molecule has 4 heterocycles. The van der Waals surface area contributed by atoms with Crippen molar-refractivity contribution < 1.29 is 38.0 Å². The molecule has 0 aromatic carbocycles. The first-order valence-electron chi connectivity index (χ1n) is 11.8. The lowest BCUT2D eigenvalue weighted by atomic mass is 10.0. The number of ether oxygens (including phenoxy) is 1. The summed E-state index contributed by atoms with van der Waals surface area (Å²) in [5.41, 5.74) is 1.34. The Morgan fingerprint density at radius 2 is 2.08 bits per heavy atom. The summed E-state index contributed by atoms with van der Waals surface area (Å²) in [4.78, 5) is 73.4. The van der Waals surface area contributed by atoms with Gasteiger partial charge in [-0.05, 0) is 19.8 Å². The third-order valence-corrected chi connectivity index (χ3v) is 8.44. The molecule has 15 nitrogen and oxygen atoms in total. The van der Waals surface area contributed by atoms with E-state index in [9.17, 15) is 23.7 Å². The normalized spacial score (nSPS) is 29.1. The quantitative estimate of drug-likeness (QED) is 0.0865. The molecule has 4 rings (SSSR count). The molecular weight excluding hydrogens is 533 g/mol. The van der Waals surface area contributed by atoms with Crippen molar-refractivity contribution in [1.82, 2.24) is 25.7 Å². The molecule has 6 N–H and O–H groups in total. The molecule has 6 atom stereocenters. The molecule has 0 aliphatic carbocycles. The third kappa shape index (κ3) is 7.22. The summed E-state index contributed by atoms with van der Waals surface area (Å²) in [7, 11) is -4.80. The Morgan fingerprint density at radius 1 is 1.30 bits per heavy atom. The number of aryl methyl sites for hydroxylation is 1. The van der Waals surface area contributed by atoms with E-state index in [2.05, 4.69) is 25.6 Å². The third-order valence-electron chi connectivity index (χ3n) is 6.45. The Labute approximate surface area is 215 Å². The molecule has 206 valence electrons. The van der Waals surface area contributed by atoms with Crippen molar-refractivity contribution in [3.63, 3.8) is 0 Å². The summed E-state index contributed by atoms with van der Waals surface area (Å²) in [6, 6.07) is 0.117. The van der Waals surface area contributed by atoms with E-state index in [0.717, 1.165) is 23.2 Å². The van der Waals surface area contributed by atoms with Gasteiger partial charge in [0.15, 0.2) is 0 Å². The van der Waals surface area contributed by atoms with Gasteiger partial charge in [-0.1, -0.05) is 6.42 Å². The molecule has 3 aliphatic heterocycles. The van der Waals surface area contributed by atoms with Crippen molar-refractivity contribution >= 4 is 31.5 Å². The molecule has 17 heteroatoms. The number of hydrogen-bond donors (Lipinski definition) is 6. The highest BCUT2D eigenvalue weighted by molar-refractivity contribution is 8.00. The van der Waals surface area contributed by atoms with Crippen LogP contribution in [-0.2, 0) is 23.5 Å². The van der Waals surface area contributed by atoms with Gasteiger partial charge in [0.25, 0.3) is 5.56 Å². The van der Waals surface area contributed by atoms with Crippen molar-refractivity contribution in [2.75, 3.05) is 12.4 Å². The van der Waals surface area contributed by atoms with Crippen LogP contribution in [0.1, 0.15) is 43.9 Å². The van der Waals surface area contributed by atoms with Crippen LogP contribution in [0.5, 0.6) is 0 Å². The molecule has 0 spiro atoms. The predicted octanol–water partition coefficient (Wildman–Crippen LogP) is -0.616. The van der Waals surface area contributed by atoms with Gasteiger partial charge < -0.3 is 25.2 Å². The number of aromatic amines is 1. The van der Waals surface area contributed by atoms with Crippen molar-refractivity contribution in [2.24, 2.45) is 0 Å².